The molecular formula is C13H24N2O2. The van der Waals surface area contributed by atoms with Gasteiger partial charge < -0.3 is 15.4 Å². The molecule has 98 valence electrons. The van der Waals surface area contributed by atoms with Gasteiger partial charge in [-0.05, 0) is 37.5 Å². The molecule has 2 aliphatic rings. The van der Waals surface area contributed by atoms with E-state index in [0.717, 1.165) is 31.9 Å². The zero-order chi connectivity index (χ0) is 12.3. The molecule has 1 saturated carbocycles. The molecule has 2 fully saturated rings. The Bertz CT molecular complexity index is 266. The molecule has 4 heteroatoms. The zero-order valence-electron chi connectivity index (χ0n) is 10.7. The molecule has 2 N–H and O–H groups in total. The summed E-state index contributed by atoms with van der Waals surface area (Å²) in [6, 6.07) is 0.218. The number of ether oxygens (including phenoxy) is 1. The average molecular weight is 240 g/mol. The van der Waals surface area contributed by atoms with E-state index in [1.54, 1.807) is 0 Å². The lowest BCUT2D eigenvalue weighted by atomic mass is 9.92. The van der Waals surface area contributed by atoms with Gasteiger partial charge in [0.1, 0.15) is 6.61 Å². The van der Waals surface area contributed by atoms with Crippen LogP contribution in [0.3, 0.4) is 0 Å². The molecule has 1 aliphatic heterocycles. The van der Waals surface area contributed by atoms with E-state index < -0.39 is 0 Å². The lowest BCUT2D eigenvalue weighted by molar-refractivity contribution is -0.140. The van der Waals surface area contributed by atoms with Crippen molar-refractivity contribution >= 4 is 5.91 Å². The molecule has 0 aromatic rings. The molecule has 0 spiro atoms. The molecule has 1 saturated heterocycles. The summed E-state index contributed by atoms with van der Waals surface area (Å²) in [5, 5.41) is 0. The Morgan fingerprint density at radius 1 is 1.41 bits per heavy atom. The van der Waals surface area contributed by atoms with E-state index >= 15 is 0 Å². The maximum Gasteiger partial charge on any atom is 0.248 e. The molecule has 4 nitrogen and oxygen atoms in total. The number of likely N-dealkylation sites (tertiary alicyclic amines) is 1. The molecular weight excluding hydrogens is 216 g/mol. The summed E-state index contributed by atoms with van der Waals surface area (Å²) in [4.78, 5) is 13.9. The SMILES string of the molecule is CC1CCN(C(=O)COCC2CC2)C(CN)C1. The van der Waals surface area contributed by atoms with Crippen molar-refractivity contribution in [2.24, 2.45) is 17.6 Å². The van der Waals surface area contributed by atoms with Crippen molar-refractivity contribution in [2.45, 2.75) is 38.6 Å². The van der Waals surface area contributed by atoms with Gasteiger partial charge in [0.25, 0.3) is 0 Å². The fraction of sp³-hybridized carbons (Fsp3) is 0.923. The van der Waals surface area contributed by atoms with E-state index in [1.807, 2.05) is 4.90 Å². The average Bonchev–Trinajstić information content (AvgIpc) is 3.12. The van der Waals surface area contributed by atoms with Crippen LogP contribution in [-0.4, -0.2) is 43.2 Å². The largest absolute Gasteiger partial charge is 0.371 e. The van der Waals surface area contributed by atoms with E-state index in [0.29, 0.717) is 12.5 Å². The van der Waals surface area contributed by atoms with Gasteiger partial charge in [0.2, 0.25) is 5.91 Å². The fourth-order valence-corrected chi connectivity index (χ4v) is 2.48. The molecule has 0 bridgehead atoms. The summed E-state index contributed by atoms with van der Waals surface area (Å²) in [5.41, 5.74) is 5.75. The molecule has 0 aromatic heterocycles. The number of amides is 1. The van der Waals surface area contributed by atoms with E-state index in [4.69, 9.17) is 10.5 Å². The van der Waals surface area contributed by atoms with E-state index in [1.165, 1.54) is 12.8 Å². The van der Waals surface area contributed by atoms with Gasteiger partial charge in [-0.25, -0.2) is 0 Å². The quantitative estimate of drug-likeness (QED) is 0.780. The van der Waals surface area contributed by atoms with Gasteiger partial charge in [0, 0.05) is 19.1 Å². The minimum Gasteiger partial charge on any atom is -0.371 e. The highest BCUT2D eigenvalue weighted by Gasteiger charge is 2.29. The van der Waals surface area contributed by atoms with Crippen molar-refractivity contribution in [3.8, 4) is 0 Å². The maximum absolute atomic E-state index is 12.0. The van der Waals surface area contributed by atoms with Crippen LogP contribution in [0.2, 0.25) is 0 Å². The Labute approximate surface area is 103 Å². The predicted octanol–water partition coefficient (Wildman–Crippen LogP) is 0.999. The van der Waals surface area contributed by atoms with Crippen molar-refractivity contribution in [1.82, 2.24) is 4.90 Å². The Hall–Kier alpha value is -0.610. The Morgan fingerprint density at radius 2 is 2.18 bits per heavy atom. The van der Waals surface area contributed by atoms with Crippen LogP contribution in [0.1, 0.15) is 32.6 Å². The Kier molecular flexibility index (Phi) is 4.40. The minimum absolute atomic E-state index is 0.119. The number of rotatable bonds is 5. The third kappa shape index (κ3) is 3.68. The smallest absolute Gasteiger partial charge is 0.248 e. The summed E-state index contributed by atoms with van der Waals surface area (Å²) in [6.07, 6.45) is 4.65. The third-order valence-corrected chi connectivity index (χ3v) is 3.85. The van der Waals surface area contributed by atoms with Crippen LogP contribution >= 0.6 is 0 Å². The fourth-order valence-electron chi connectivity index (χ4n) is 2.48. The summed E-state index contributed by atoms with van der Waals surface area (Å²) >= 11 is 0. The van der Waals surface area contributed by atoms with Crippen LogP contribution in [0.4, 0.5) is 0 Å². The molecule has 2 unspecified atom stereocenters. The molecule has 1 heterocycles. The Morgan fingerprint density at radius 3 is 2.82 bits per heavy atom. The van der Waals surface area contributed by atoms with Crippen LogP contribution in [0.15, 0.2) is 0 Å². The van der Waals surface area contributed by atoms with Gasteiger partial charge in [0.15, 0.2) is 0 Å². The van der Waals surface area contributed by atoms with Crippen molar-refractivity contribution in [3.63, 3.8) is 0 Å². The number of nitrogens with two attached hydrogens (primary N) is 1. The second-order valence-electron chi connectivity index (χ2n) is 5.56. The zero-order valence-corrected chi connectivity index (χ0v) is 10.7. The number of carbonyl (C=O) groups excluding carboxylic acids is 1. The van der Waals surface area contributed by atoms with Crippen LogP contribution in [0, 0.1) is 11.8 Å². The molecule has 1 amide bonds. The summed E-state index contributed by atoms with van der Waals surface area (Å²) < 4.78 is 5.46. The van der Waals surface area contributed by atoms with Crippen LogP contribution in [0.25, 0.3) is 0 Å². The molecule has 17 heavy (non-hydrogen) atoms. The number of piperidine rings is 1. The number of carbonyl (C=O) groups is 1. The highest BCUT2D eigenvalue weighted by molar-refractivity contribution is 5.78. The van der Waals surface area contributed by atoms with Gasteiger partial charge in [-0.15, -0.1) is 0 Å². The Balaban J connectivity index is 1.75. The van der Waals surface area contributed by atoms with Gasteiger partial charge in [-0.2, -0.15) is 0 Å². The standard InChI is InChI=1S/C13H24N2O2/c1-10-4-5-15(12(6-10)7-14)13(16)9-17-8-11-2-3-11/h10-12H,2-9,14H2,1H3. The first-order chi connectivity index (χ1) is 8.20. The van der Waals surface area contributed by atoms with Crippen LogP contribution < -0.4 is 5.73 Å². The second kappa shape index (κ2) is 5.83. The van der Waals surface area contributed by atoms with E-state index in [-0.39, 0.29) is 18.6 Å². The van der Waals surface area contributed by atoms with Gasteiger partial charge >= 0.3 is 0 Å². The third-order valence-electron chi connectivity index (χ3n) is 3.85. The molecule has 0 radical (unpaired) electrons. The van der Waals surface area contributed by atoms with Crippen molar-refractivity contribution < 1.29 is 9.53 Å². The van der Waals surface area contributed by atoms with Crippen molar-refractivity contribution in [1.29, 1.82) is 0 Å². The lowest BCUT2D eigenvalue weighted by Crippen LogP contribution is -2.50. The van der Waals surface area contributed by atoms with E-state index in [9.17, 15) is 4.79 Å². The number of nitrogens with zero attached hydrogens (tertiary/aromatic N) is 1. The lowest BCUT2D eigenvalue weighted by Gasteiger charge is -2.37. The summed E-state index contributed by atoms with van der Waals surface area (Å²) in [5.74, 6) is 1.52. The van der Waals surface area contributed by atoms with Crippen molar-refractivity contribution in [2.75, 3.05) is 26.3 Å². The molecule has 2 atom stereocenters. The second-order valence-corrected chi connectivity index (χ2v) is 5.56. The van der Waals surface area contributed by atoms with Crippen molar-refractivity contribution in [3.05, 3.63) is 0 Å². The molecule has 0 aromatic carbocycles. The van der Waals surface area contributed by atoms with E-state index in [2.05, 4.69) is 6.92 Å². The predicted molar refractivity (Wildman–Crippen MR) is 66.5 cm³/mol. The van der Waals surface area contributed by atoms with Crippen LogP contribution in [0.5, 0.6) is 0 Å². The van der Waals surface area contributed by atoms with Gasteiger partial charge in [-0.3, -0.25) is 4.79 Å². The highest BCUT2D eigenvalue weighted by atomic mass is 16.5. The maximum atomic E-state index is 12.0. The first-order valence-corrected chi connectivity index (χ1v) is 6.78. The number of hydrogen-bond donors (Lipinski definition) is 1. The monoisotopic (exact) mass is 240 g/mol. The first kappa shape index (κ1) is 12.8. The first-order valence-electron chi connectivity index (χ1n) is 6.78. The molecule has 2 rings (SSSR count). The summed E-state index contributed by atoms with van der Waals surface area (Å²) in [7, 11) is 0. The van der Waals surface area contributed by atoms with Crippen LogP contribution in [-0.2, 0) is 9.53 Å². The molecule has 1 aliphatic carbocycles. The van der Waals surface area contributed by atoms with Gasteiger partial charge in [0.05, 0.1) is 6.61 Å². The summed E-state index contributed by atoms with van der Waals surface area (Å²) in [6.45, 7) is 4.63. The minimum atomic E-state index is 0.119. The normalized spacial score (nSPS) is 29.4. The number of hydrogen-bond acceptors (Lipinski definition) is 3. The highest BCUT2D eigenvalue weighted by Crippen LogP contribution is 2.28. The van der Waals surface area contributed by atoms with Gasteiger partial charge in [-0.1, -0.05) is 6.92 Å². The topological polar surface area (TPSA) is 55.6 Å².